The molecule has 128 valence electrons. The molecule has 24 heavy (non-hydrogen) atoms. The lowest BCUT2D eigenvalue weighted by atomic mass is 10.1. The quantitative estimate of drug-likeness (QED) is 0.591. The Morgan fingerprint density at radius 3 is 2.50 bits per heavy atom. The summed E-state index contributed by atoms with van der Waals surface area (Å²) in [5, 5.41) is 0. The zero-order valence-electron chi connectivity index (χ0n) is 13.3. The maximum Gasteiger partial charge on any atom is 0.338 e. The Morgan fingerprint density at radius 2 is 1.83 bits per heavy atom. The molecule has 2 rings (SSSR count). The minimum absolute atomic E-state index is 0.0164. The van der Waals surface area contributed by atoms with Crippen LogP contribution in [0.15, 0.2) is 47.4 Å². The van der Waals surface area contributed by atoms with E-state index in [1.54, 1.807) is 25.1 Å². The molecule has 5 nitrogen and oxygen atoms in total. The van der Waals surface area contributed by atoms with Crippen LogP contribution in [0.1, 0.15) is 15.9 Å². The molecule has 2 aromatic rings. The van der Waals surface area contributed by atoms with Crippen molar-refractivity contribution in [1.82, 2.24) is 0 Å². The molecule has 0 bridgehead atoms. The van der Waals surface area contributed by atoms with Crippen LogP contribution in [-0.4, -0.2) is 33.9 Å². The third-order valence-electron chi connectivity index (χ3n) is 3.27. The van der Waals surface area contributed by atoms with Gasteiger partial charge in [0.1, 0.15) is 13.2 Å². The van der Waals surface area contributed by atoms with Gasteiger partial charge < -0.3 is 9.47 Å². The molecule has 0 aromatic heterocycles. The van der Waals surface area contributed by atoms with Crippen LogP contribution in [-0.2, 0) is 14.6 Å². The van der Waals surface area contributed by atoms with Crippen LogP contribution in [0.4, 0.5) is 4.39 Å². The summed E-state index contributed by atoms with van der Waals surface area (Å²) in [6.45, 7) is 1.58. The highest BCUT2D eigenvalue weighted by molar-refractivity contribution is 7.90. The van der Waals surface area contributed by atoms with E-state index in [1.807, 2.05) is 0 Å². The summed E-state index contributed by atoms with van der Waals surface area (Å²) in [5.41, 5.74) is 0.770. The molecule has 0 heterocycles. The van der Waals surface area contributed by atoms with E-state index in [4.69, 9.17) is 9.47 Å². The lowest BCUT2D eigenvalue weighted by molar-refractivity contribution is 0.0447. The molecule has 2 aromatic carbocycles. The van der Waals surface area contributed by atoms with Crippen molar-refractivity contribution >= 4 is 15.8 Å². The summed E-state index contributed by atoms with van der Waals surface area (Å²) >= 11 is 0. The average molecular weight is 352 g/mol. The largest absolute Gasteiger partial charge is 0.487 e. The van der Waals surface area contributed by atoms with E-state index in [0.717, 1.165) is 6.26 Å². The van der Waals surface area contributed by atoms with Crippen LogP contribution in [0.25, 0.3) is 0 Å². The van der Waals surface area contributed by atoms with Crippen LogP contribution in [0.5, 0.6) is 5.75 Å². The monoisotopic (exact) mass is 352 g/mol. The van der Waals surface area contributed by atoms with Crippen LogP contribution in [0.3, 0.4) is 0 Å². The molecule has 0 radical (unpaired) electrons. The molecule has 0 saturated heterocycles. The van der Waals surface area contributed by atoms with E-state index >= 15 is 0 Å². The van der Waals surface area contributed by atoms with E-state index in [0.29, 0.717) is 5.56 Å². The molecule has 0 spiro atoms. The summed E-state index contributed by atoms with van der Waals surface area (Å²) in [6, 6.07) is 10.2. The predicted octanol–water partition coefficient (Wildman–Crippen LogP) is 2.77. The molecule has 0 unspecified atom stereocenters. The second kappa shape index (κ2) is 7.44. The zero-order valence-corrected chi connectivity index (χ0v) is 14.1. The first-order valence-corrected chi connectivity index (χ1v) is 9.03. The number of rotatable bonds is 6. The van der Waals surface area contributed by atoms with Crippen molar-refractivity contribution < 1.29 is 27.1 Å². The van der Waals surface area contributed by atoms with Crippen LogP contribution in [0.2, 0.25) is 0 Å². The Hall–Kier alpha value is -2.41. The molecular weight excluding hydrogens is 335 g/mol. The standard InChI is InChI=1S/C17H17FO5S/c1-12-7-8-13(24(2,20)21)11-14(12)17(19)23-10-9-22-16-6-4-3-5-15(16)18/h3-8,11H,9-10H2,1-2H3. The van der Waals surface area contributed by atoms with Crippen molar-refractivity contribution in [3.63, 3.8) is 0 Å². The number of carbonyl (C=O) groups excluding carboxylic acids is 1. The number of sulfone groups is 1. The lowest BCUT2D eigenvalue weighted by Crippen LogP contribution is -2.14. The van der Waals surface area contributed by atoms with E-state index in [1.165, 1.54) is 24.3 Å². The molecule has 0 N–H and O–H groups in total. The van der Waals surface area contributed by atoms with Crippen LogP contribution >= 0.6 is 0 Å². The van der Waals surface area contributed by atoms with Gasteiger partial charge in [-0.1, -0.05) is 18.2 Å². The minimum atomic E-state index is -3.42. The van der Waals surface area contributed by atoms with Gasteiger partial charge in [-0.25, -0.2) is 17.6 Å². The zero-order chi connectivity index (χ0) is 17.7. The van der Waals surface area contributed by atoms with Gasteiger partial charge in [0.25, 0.3) is 0 Å². The first kappa shape index (κ1) is 17.9. The second-order valence-corrected chi connectivity index (χ2v) is 7.18. The Kier molecular flexibility index (Phi) is 5.56. The summed E-state index contributed by atoms with van der Waals surface area (Å²) < 4.78 is 46.7. The Balaban J connectivity index is 1.97. The fourth-order valence-electron chi connectivity index (χ4n) is 1.98. The van der Waals surface area contributed by atoms with E-state index in [-0.39, 0.29) is 29.4 Å². The summed E-state index contributed by atoms with van der Waals surface area (Å²) in [4.78, 5) is 12.1. The van der Waals surface area contributed by atoms with Gasteiger partial charge in [0.2, 0.25) is 0 Å². The van der Waals surface area contributed by atoms with Crippen molar-refractivity contribution in [3.8, 4) is 5.75 Å². The Morgan fingerprint density at radius 1 is 1.12 bits per heavy atom. The van der Waals surface area contributed by atoms with Gasteiger partial charge in [0, 0.05) is 6.26 Å². The first-order valence-electron chi connectivity index (χ1n) is 7.14. The molecule has 0 saturated carbocycles. The van der Waals surface area contributed by atoms with Gasteiger partial charge >= 0.3 is 5.97 Å². The number of benzene rings is 2. The van der Waals surface area contributed by atoms with Gasteiger partial charge in [-0.15, -0.1) is 0 Å². The molecular formula is C17H17FO5S. The second-order valence-electron chi connectivity index (χ2n) is 5.16. The van der Waals surface area contributed by atoms with Gasteiger partial charge in [-0.3, -0.25) is 0 Å². The highest BCUT2D eigenvalue weighted by atomic mass is 32.2. The highest BCUT2D eigenvalue weighted by Crippen LogP contribution is 2.17. The molecule has 0 atom stereocenters. The average Bonchev–Trinajstić information content (AvgIpc) is 2.52. The number of carbonyl (C=O) groups is 1. The van der Waals surface area contributed by atoms with Gasteiger partial charge in [-0.2, -0.15) is 0 Å². The van der Waals surface area contributed by atoms with E-state index < -0.39 is 21.6 Å². The molecule has 0 aliphatic carbocycles. The molecule has 0 aliphatic heterocycles. The predicted molar refractivity (Wildman–Crippen MR) is 86.5 cm³/mol. The van der Waals surface area contributed by atoms with Crippen LogP contribution in [0, 0.1) is 12.7 Å². The lowest BCUT2D eigenvalue weighted by Gasteiger charge is -2.10. The van der Waals surface area contributed by atoms with Gasteiger partial charge in [0.15, 0.2) is 21.4 Å². The Bertz CT molecular complexity index is 846. The number of para-hydroxylation sites is 1. The summed E-state index contributed by atoms with van der Waals surface area (Å²) in [6.07, 6.45) is 1.06. The summed E-state index contributed by atoms with van der Waals surface area (Å²) in [5.74, 6) is -1.08. The topological polar surface area (TPSA) is 69.7 Å². The molecule has 0 amide bonds. The fourth-order valence-corrected chi connectivity index (χ4v) is 2.62. The fraction of sp³-hybridized carbons (Fsp3) is 0.235. The normalized spacial score (nSPS) is 11.1. The first-order chi connectivity index (χ1) is 11.3. The Labute approximate surface area is 139 Å². The number of halogens is 1. The number of aryl methyl sites for hydroxylation is 1. The summed E-state index contributed by atoms with van der Waals surface area (Å²) in [7, 11) is -3.42. The SMILES string of the molecule is Cc1ccc(S(C)(=O)=O)cc1C(=O)OCCOc1ccccc1F. The van der Waals surface area contributed by atoms with E-state index in [2.05, 4.69) is 0 Å². The minimum Gasteiger partial charge on any atom is -0.487 e. The molecule has 7 heteroatoms. The van der Waals surface area contributed by atoms with Crippen LogP contribution < -0.4 is 4.74 Å². The molecule has 0 aliphatic rings. The smallest absolute Gasteiger partial charge is 0.338 e. The number of hydrogen-bond donors (Lipinski definition) is 0. The van der Waals surface area contributed by atoms with Crippen molar-refractivity contribution in [1.29, 1.82) is 0 Å². The van der Waals surface area contributed by atoms with Gasteiger partial charge in [-0.05, 0) is 36.8 Å². The van der Waals surface area contributed by atoms with Gasteiger partial charge in [0.05, 0.1) is 10.5 Å². The highest BCUT2D eigenvalue weighted by Gasteiger charge is 2.15. The number of esters is 1. The van der Waals surface area contributed by atoms with Crippen molar-refractivity contribution in [2.75, 3.05) is 19.5 Å². The van der Waals surface area contributed by atoms with Crippen molar-refractivity contribution in [3.05, 3.63) is 59.4 Å². The van der Waals surface area contributed by atoms with E-state index in [9.17, 15) is 17.6 Å². The third kappa shape index (κ3) is 4.55. The number of hydrogen-bond acceptors (Lipinski definition) is 5. The maximum atomic E-state index is 13.4. The molecule has 0 fully saturated rings. The third-order valence-corrected chi connectivity index (χ3v) is 4.38. The van der Waals surface area contributed by atoms with Crippen molar-refractivity contribution in [2.45, 2.75) is 11.8 Å². The maximum absolute atomic E-state index is 13.4. The van der Waals surface area contributed by atoms with Crippen molar-refractivity contribution in [2.24, 2.45) is 0 Å². The number of ether oxygens (including phenoxy) is 2.